The third-order valence-electron chi connectivity index (χ3n) is 2.28. The van der Waals surface area contributed by atoms with Crippen LogP contribution in [0.15, 0.2) is 27.9 Å². The molecule has 0 bridgehead atoms. The minimum absolute atomic E-state index is 0.0246. The molecule has 4 heteroatoms. The summed E-state index contributed by atoms with van der Waals surface area (Å²) < 4.78 is 1.54. The summed E-state index contributed by atoms with van der Waals surface area (Å²) in [5.74, 6) is 0.717. The van der Waals surface area contributed by atoms with Gasteiger partial charge in [-0.1, -0.05) is 0 Å². The average Bonchev–Trinajstić information content (AvgIpc) is 2.16. The Kier molecular flexibility index (Phi) is 2.07. The molecule has 1 aromatic heterocycles. The lowest BCUT2D eigenvalue weighted by Crippen LogP contribution is -2.20. The second-order valence-corrected chi connectivity index (χ2v) is 3.74. The minimum Gasteiger partial charge on any atom is -0.299 e. The number of rotatable bonds is 0. The first-order valence-electron chi connectivity index (χ1n) is 4.26. The van der Waals surface area contributed by atoms with E-state index in [1.165, 1.54) is 4.57 Å². The number of benzene rings is 1. The molecule has 0 aliphatic heterocycles. The molecule has 1 heterocycles. The third-order valence-corrected chi connectivity index (χ3v) is 2.56. The highest BCUT2D eigenvalue weighted by atomic mass is 32.1. The molecule has 0 radical (unpaired) electrons. The highest BCUT2D eigenvalue weighted by Gasteiger charge is 2.04. The fourth-order valence-electron chi connectivity index (χ4n) is 1.37. The molecule has 0 aliphatic carbocycles. The second kappa shape index (κ2) is 3.13. The van der Waals surface area contributed by atoms with Crippen molar-refractivity contribution in [2.45, 2.75) is 11.8 Å². The van der Waals surface area contributed by atoms with Crippen molar-refractivity contribution in [3.8, 4) is 0 Å². The lowest BCUT2D eigenvalue weighted by Gasteiger charge is -2.04. The van der Waals surface area contributed by atoms with Crippen LogP contribution in [0.4, 0.5) is 0 Å². The largest absolute Gasteiger partial charge is 0.299 e. The van der Waals surface area contributed by atoms with E-state index in [-0.39, 0.29) is 5.56 Å². The number of aryl methyl sites for hydroxylation is 1. The van der Waals surface area contributed by atoms with E-state index in [2.05, 4.69) is 17.6 Å². The molecule has 0 fully saturated rings. The number of thiol groups is 1. The fraction of sp³-hybridized carbons (Fsp3) is 0.200. The van der Waals surface area contributed by atoms with Crippen molar-refractivity contribution in [2.24, 2.45) is 7.05 Å². The van der Waals surface area contributed by atoms with Crippen LogP contribution in [-0.4, -0.2) is 9.55 Å². The van der Waals surface area contributed by atoms with Gasteiger partial charge in [0, 0.05) is 11.9 Å². The normalized spacial score (nSPS) is 10.8. The van der Waals surface area contributed by atoms with Crippen LogP contribution in [0.25, 0.3) is 10.9 Å². The molecule has 0 atom stereocenters. The summed E-state index contributed by atoms with van der Waals surface area (Å²) in [6.45, 7) is 1.81. The molecular weight excluding hydrogens is 196 g/mol. The van der Waals surface area contributed by atoms with Gasteiger partial charge in [0.15, 0.2) is 0 Å². The molecule has 0 aliphatic rings. The predicted molar refractivity (Wildman–Crippen MR) is 59.0 cm³/mol. The Bertz CT molecular complexity index is 560. The molecule has 2 rings (SSSR count). The molecule has 0 saturated carbocycles. The maximum atomic E-state index is 11.8. The van der Waals surface area contributed by atoms with Crippen molar-refractivity contribution in [3.63, 3.8) is 0 Å². The topological polar surface area (TPSA) is 34.9 Å². The Morgan fingerprint density at radius 2 is 2.14 bits per heavy atom. The van der Waals surface area contributed by atoms with Crippen LogP contribution in [0.5, 0.6) is 0 Å². The van der Waals surface area contributed by atoms with Gasteiger partial charge in [-0.15, -0.1) is 12.6 Å². The monoisotopic (exact) mass is 206 g/mol. The van der Waals surface area contributed by atoms with E-state index in [0.717, 1.165) is 16.2 Å². The van der Waals surface area contributed by atoms with Gasteiger partial charge in [0.2, 0.25) is 0 Å². The van der Waals surface area contributed by atoms with Crippen molar-refractivity contribution in [1.82, 2.24) is 9.55 Å². The first kappa shape index (κ1) is 9.27. The Labute approximate surface area is 86.8 Å². The maximum Gasteiger partial charge on any atom is 0.261 e. The minimum atomic E-state index is -0.0246. The van der Waals surface area contributed by atoms with E-state index in [0.29, 0.717) is 5.39 Å². The Hall–Kier alpha value is -1.29. The second-order valence-electron chi connectivity index (χ2n) is 3.22. The zero-order valence-corrected chi connectivity index (χ0v) is 8.88. The number of fused-ring (bicyclic) bond motifs is 1. The summed E-state index contributed by atoms with van der Waals surface area (Å²) in [7, 11) is 1.72. The summed E-state index contributed by atoms with van der Waals surface area (Å²) in [5.41, 5.74) is 0.701. The van der Waals surface area contributed by atoms with Crippen LogP contribution >= 0.6 is 12.6 Å². The molecule has 14 heavy (non-hydrogen) atoms. The summed E-state index contributed by atoms with van der Waals surface area (Å²) in [6, 6.07) is 5.39. The quantitative estimate of drug-likeness (QED) is 0.663. The van der Waals surface area contributed by atoms with Gasteiger partial charge in [0.05, 0.1) is 10.9 Å². The predicted octanol–water partition coefficient (Wildman–Crippen LogP) is 1.53. The first-order chi connectivity index (χ1) is 6.59. The smallest absolute Gasteiger partial charge is 0.261 e. The van der Waals surface area contributed by atoms with Gasteiger partial charge in [0.1, 0.15) is 5.82 Å². The number of hydrogen-bond acceptors (Lipinski definition) is 3. The zero-order valence-electron chi connectivity index (χ0n) is 7.98. The summed E-state index contributed by atoms with van der Waals surface area (Å²) in [5, 5.41) is 0.616. The Morgan fingerprint density at radius 3 is 2.86 bits per heavy atom. The molecule has 0 spiro atoms. The van der Waals surface area contributed by atoms with Crippen LogP contribution < -0.4 is 5.56 Å². The van der Waals surface area contributed by atoms with Crippen LogP contribution in [-0.2, 0) is 7.05 Å². The standard InChI is InChI=1S/C10H10N2OS/c1-6-11-9-4-3-7(14)5-8(9)10(13)12(6)2/h3-5,14H,1-2H3. The molecule has 0 saturated heterocycles. The molecule has 0 amide bonds. The lowest BCUT2D eigenvalue weighted by atomic mass is 10.2. The van der Waals surface area contributed by atoms with Crippen molar-refractivity contribution >= 4 is 23.5 Å². The van der Waals surface area contributed by atoms with Gasteiger partial charge >= 0.3 is 0 Å². The van der Waals surface area contributed by atoms with Crippen molar-refractivity contribution < 1.29 is 0 Å². The van der Waals surface area contributed by atoms with Crippen molar-refractivity contribution in [1.29, 1.82) is 0 Å². The number of aromatic nitrogens is 2. The molecule has 3 nitrogen and oxygen atoms in total. The summed E-state index contributed by atoms with van der Waals surface area (Å²) >= 11 is 4.19. The molecule has 2 aromatic rings. The Morgan fingerprint density at radius 1 is 1.43 bits per heavy atom. The van der Waals surface area contributed by atoms with E-state index in [1.807, 2.05) is 19.1 Å². The van der Waals surface area contributed by atoms with Crippen LogP contribution in [0.1, 0.15) is 5.82 Å². The van der Waals surface area contributed by atoms with Crippen LogP contribution in [0, 0.1) is 6.92 Å². The molecular formula is C10H10N2OS. The summed E-state index contributed by atoms with van der Waals surface area (Å²) in [4.78, 5) is 16.9. The fourth-order valence-corrected chi connectivity index (χ4v) is 1.57. The third kappa shape index (κ3) is 1.32. The van der Waals surface area contributed by atoms with Crippen LogP contribution in [0.2, 0.25) is 0 Å². The summed E-state index contributed by atoms with van der Waals surface area (Å²) in [6.07, 6.45) is 0. The molecule has 72 valence electrons. The van der Waals surface area contributed by atoms with Gasteiger partial charge in [-0.05, 0) is 25.1 Å². The van der Waals surface area contributed by atoms with Gasteiger partial charge in [-0.2, -0.15) is 0 Å². The highest BCUT2D eigenvalue weighted by molar-refractivity contribution is 7.80. The van der Waals surface area contributed by atoms with E-state index in [4.69, 9.17) is 0 Å². The molecule has 0 N–H and O–H groups in total. The van der Waals surface area contributed by atoms with Crippen molar-refractivity contribution in [3.05, 3.63) is 34.4 Å². The van der Waals surface area contributed by atoms with Gasteiger partial charge < -0.3 is 0 Å². The highest BCUT2D eigenvalue weighted by Crippen LogP contribution is 2.13. The van der Waals surface area contributed by atoms with Crippen molar-refractivity contribution in [2.75, 3.05) is 0 Å². The Balaban J connectivity index is 2.99. The van der Waals surface area contributed by atoms with Crippen LogP contribution in [0.3, 0.4) is 0 Å². The lowest BCUT2D eigenvalue weighted by molar-refractivity contribution is 0.792. The van der Waals surface area contributed by atoms with Gasteiger partial charge in [-0.25, -0.2) is 4.98 Å². The van der Waals surface area contributed by atoms with Gasteiger partial charge in [-0.3, -0.25) is 9.36 Å². The van der Waals surface area contributed by atoms with E-state index < -0.39 is 0 Å². The van der Waals surface area contributed by atoms with E-state index >= 15 is 0 Å². The zero-order chi connectivity index (χ0) is 10.3. The van der Waals surface area contributed by atoms with Gasteiger partial charge in [0.25, 0.3) is 5.56 Å². The van der Waals surface area contributed by atoms with E-state index in [1.54, 1.807) is 13.1 Å². The molecule has 0 unspecified atom stereocenters. The first-order valence-corrected chi connectivity index (χ1v) is 4.70. The molecule has 1 aromatic carbocycles. The average molecular weight is 206 g/mol. The number of nitrogens with zero attached hydrogens (tertiary/aromatic N) is 2. The van der Waals surface area contributed by atoms with E-state index in [9.17, 15) is 4.79 Å². The number of hydrogen-bond donors (Lipinski definition) is 1. The SMILES string of the molecule is Cc1nc2ccc(S)cc2c(=O)n1C. The maximum absolute atomic E-state index is 11.8.